The summed E-state index contributed by atoms with van der Waals surface area (Å²) < 4.78 is 10.8. The lowest BCUT2D eigenvalue weighted by atomic mass is 10.2. The fraction of sp³-hybridized carbons (Fsp3) is 0.0556. The lowest BCUT2D eigenvalue weighted by molar-refractivity contribution is 0.373. The highest BCUT2D eigenvalue weighted by Crippen LogP contribution is 2.30. The van der Waals surface area contributed by atoms with Crippen LogP contribution in [0, 0.1) is 0 Å². The van der Waals surface area contributed by atoms with Gasteiger partial charge in [0.25, 0.3) is 0 Å². The first-order valence-corrected chi connectivity index (χ1v) is 7.54. The summed E-state index contributed by atoms with van der Waals surface area (Å²) in [6.45, 7) is 0. The van der Waals surface area contributed by atoms with E-state index in [-0.39, 0.29) is 5.75 Å². The normalized spacial score (nSPS) is 11.4. The van der Waals surface area contributed by atoms with E-state index in [4.69, 9.17) is 9.15 Å². The smallest absolute Gasteiger partial charge is 0.197 e. The van der Waals surface area contributed by atoms with Crippen LogP contribution in [0.15, 0.2) is 58.3 Å². The molecular formula is C18H14N4O3. The standard InChI is InChI=1S/C18H14N4O3/c1-24-15-7-6-11(8-13(15)23)9-21-22-18-17-16(19-10-20-18)12-4-2-3-5-14(12)25-17/h2-10,23H,1H3,(H,19,20,22)/b21-9-. The van der Waals surface area contributed by atoms with Crippen molar-refractivity contribution in [2.24, 2.45) is 5.10 Å². The second kappa shape index (κ2) is 6.12. The molecule has 2 aromatic heterocycles. The first-order chi connectivity index (χ1) is 12.3. The number of nitrogens with zero attached hydrogens (tertiary/aromatic N) is 3. The minimum atomic E-state index is 0.0492. The van der Waals surface area contributed by atoms with Crippen molar-refractivity contribution in [3.8, 4) is 11.5 Å². The summed E-state index contributed by atoms with van der Waals surface area (Å²) in [5.41, 5.74) is 5.57. The van der Waals surface area contributed by atoms with E-state index >= 15 is 0 Å². The fourth-order valence-electron chi connectivity index (χ4n) is 2.56. The molecule has 0 bridgehead atoms. The van der Waals surface area contributed by atoms with Gasteiger partial charge in [0, 0.05) is 5.39 Å². The molecule has 0 radical (unpaired) electrons. The number of benzene rings is 2. The molecule has 0 aliphatic heterocycles. The van der Waals surface area contributed by atoms with E-state index in [2.05, 4.69) is 20.5 Å². The number of aromatic nitrogens is 2. The Bertz CT molecular complexity index is 1090. The van der Waals surface area contributed by atoms with Gasteiger partial charge in [0.15, 0.2) is 22.9 Å². The summed E-state index contributed by atoms with van der Waals surface area (Å²) >= 11 is 0. The third kappa shape index (κ3) is 2.72. The van der Waals surface area contributed by atoms with Crippen LogP contribution in [-0.2, 0) is 0 Å². The van der Waals surface area contributed by atoms with Gasteiger partial charge in [0.05, 0.1) is 13.3 Å². The Morgan fingerprint density at radius 1 is 1.20 bits per heavy atom. The number of ether oxygens (including phenoxy) is 1. The number of fused-ring (bicyclic) bond motifs is 3. The average Bonchev–Trinajstić information content (AvgIpc) is 3.02. The highest BCUT2D eigenvalue weighted by atomic mass is 16.5. The van der Waals surface area contributed by atoms with E-state index in [1.807, 2.05) is 24.3 Å². The first-order valence-electron chi connectivity index (χ1n) is 7.54. The van der Waals surface area contributed by atoms with Gasteiger partial charge < -0.3 is 14.3 Å². The molecule has 0 fully saturated rings. The Morgan fingerprint density at radius 3 is 2.92 bits per heavy atom. The van der Waals surface area contributed by atoms with E-state index in [1.165, 1.54) is 13.4 Å². The highest BCUT2D eigenvalue weighted by molar-refractivity contribution is 6.05. The van der Waals surface area contributed by atoms with E-state index in [0.29, 0.717) is 22.7 Å². The van der Waals surface area contributed by atoms with Crippen LogP contribution in [-0.4, -0.2) is 28.4 Å². The summed E-state index contributed by atoms with van der Waals surface area (Å²) in [6.07, 6.45) is 3.02. The lowest BCUT2D eigenvalue weighted by Gasteiger charge is -2.03. The van der Waals surface area contributed by atoms with Crippen LogP contribution < -0.4 is 10.2 Å². The zero-order valence-corrected chi connectivity index (χ0v) is 13.3. The van der Waals surface area contributed by atoms with E-state index in [1.54, 1.807) is 24.4 Å². The lowest BCUT2D eigenvalue weighted by Crippen LogP contribution is -1.95. The number of phenols is 1. The Labute approximate surface area is 142 Å². The van der Waals surface area contributed by atoms with Gasteiger partial charge in [-0.05, 0) is 35.9 Å². The van der Waals surface area contributed by atoms with Crippen molar-refractivity contribution in [1.29, 1.82) is 0 Å². The molecule has 2 heterocycles. The molecule has 4 aromatic rings. The highest BCUT2D eigenvalue weighted by Gasteiger charge is 2.12. The Morgan fingerprint density at radius 2 is 2.08 bits per heavy atom. The largest absolute Gasteiger partial charge is 0.504 e. The monoisotopic (exact) mass is 334 g/mol. The molecule has 0 aliphatic carbocycles. The van der Waals surface area contributed by atoms with Crippen LogP contribution in [0.1, 0.15) is 5.56 Å². The van der Waals surface area contributed by atoms with Crippen molar-refractivity contribution in [2.45, 2.75) is 0 Å². The number of anilines is 1. The van der Waals surface area contributed by atoms with Gasteiger partial charge >= 0.3 is 0 Å². The van der Waals surface area contributed by atoms with Crippen molar-refractivity contribution >= 4 is 34.1 Å². The quantitative estimate of drug-likeness (QED) is 0.438. The molecular weight excluding hydrogens is 320 g/mol. The molecule has 25 heavy (non-hydrogen) atoms. The molecule has 2 N–H and O–H groups in total. The van der Waals surface area contributed by atoms with Crippen LogP contribution in [0.25, 0.3) is 22.1 Å². The molecule has 4 rings (SSSR count). The maximum absolute atomic E-state index is 9.79. The topological polar surface area (TPSA) is 92.8 Å². The van der Waals surface area contributed by atoms with Crippen LogP contribution in [0.5, 0.6) is 11.5 Å². The van der Waals surface area contributed by atoms with Crippen molar-refractivity contribution < 1.29 is 14.3 Å². The van der Waals surface area contributed by atoms with E-state index in [0.717, 1.165) is 16.5 Å². The van der Waals surface area contributed by atoms with Gasteiger partial charge in [0.2, 0.25) is 0 Å². The second-order valence-corrected chi connectivity index (χ2v) is 5.30. The Hall–Kier alpha value is -3.61. The molecule has 7 nitrogen and oxygen atoms in total. The van der Waals surface area contributed by atoms with Crippen LogP contribution in [0.3, 0.4) is 0 Å². The van der Waals surface area contributed by atoms with Gasteiger partial charge in [-0.15, -0.1) is 0 Å². The number of hydrogen-bond donors (Lipinski definition) is 2. The number of nitrogens with one attached hydrogen (secondary N) is 1. The van der Waals surface area contributed by atoms with Crippen molar-refractivity contribution in [3.63, 3.8) is 0 Å². The predicted octanol–water partition coefficient (Wildman–Crippen LogP) is 3.54. The van der Waals surface area contributed by atoms with Crippen molar-refractivity contribution in [1.82, 2.24) is 9.97 Å². The van der Waals surface area contributed by atoms with Crippen LogP contribution in [0.2, 0.25) is 0 Å². The third-order valence-electron chi connectivity index (χ3n) is 3.75. The number of methoxy groups -OCH3 is 1. The second-order valence-electron chi connectivity index (χ2n) is 5.30. The molecule has 0 amide bonds. The van der Waals surface area contributed by atoms with Crippen LogP contribution in [0.4, 0.5) is 5.82 Å². The number of hydrazone groups is 1. The number of rotatable bonds is 4. The fourth-order valence-corrected chi connectivity index (χ4v) is 2.56. The molecule has 0 spiro atoms. The van der Waals surface area contributed by atoms with Gasteiger partial charge in [-0.2, -0.15) is 5.10 Å². The molecule has 124 valence electrons. The van der Waals surface area contributed by atoms with E-state index < -0.39 is 0 Å². The third-order valence-corrected chi connectivity index (χ3v) is 3.75. The summed E-state index contributed by atoms with van der Waals surface area (Å²) in [7, 11) is 1.50. The van der Waals surface area contributed by atoms with Crippen molar-refractivity contribution in [2.75, 3.05) is 12.5 Å². The number of phenolic OH excluding ortho intramolecular Hbond substituents is 1. The number of furan rings is 1. The van der Waals surface area contributed by atoms with Gasteiger partial charge in [-0.3, -0.25) is 5.43 Å². The molecule has 2 aromatic carbocycles. The molecule has 0 aliphatic rings. The molecule has 0 unspecified atom stereocenters. The summed E-state index contributed by atoms with van der Waals surface area (Å²) in [6, 6.07) is 12.7. The summed E-state index contributed by atoms with van der Waals surface area (Å²) in [4.78, 5) is 8.46. The number of hydrogen-bond acceptors (Lipinski definition) is 7. The van der Waals surface area contributed by atoms with Gasteiger partial charge in [-0.1, -0.05) is 12.1 Å². The predicted molar refractivity (Wildman–Crippen MR) is 95.2 cm³/mol. The van der Waals surface area contributed by atoms with Gasteiger partial charge in [-0.25, -0.2) is 9.97 Å². The maximum Gasteiger partial charge on any atom is 0.197 e. The maximum atomic E-state index is 9.79. The van der Waals surface area contributed by atoms with E-state index in [9.17, 15) is 5.11 Å². The SMILES string of the molecule is COc1ccc(/C=N\Nc2ncnc3c2oc2ccccc23)cc1O. The van der Waals surface area contributed by atoms with Crippen molar-refractivity contribution in [3.05, 3.63) is 54.4 Å². The molecule has 0 saturated heterocycles. The zero-order chi connectivity index (χ0) is 17.2. The minimum Gasteiger partial charge on any atom is -0.504 e. The zero-order valence-electron chi connectivity index (χ0n) is 13.3. The first kappa shape index (κ1) is 14.9. The molecule has 7 heteroatoms. The molecule has 0 saturated carbocycles. The number of aromatic hydroxyl groups is 1. The minimum absolute atomic E-state index is 0.0492. The Balaban J connectivity index is 1.63. The molecule has 0 atom stereocenters. The average molecular weight is 334 g/mol. The summed E-state index contributed by atoms with van der Waals surface area (Å²) in [5.74, 6) is 0.924. The van der Waals surface area contributed by atoms with Crippen LogP contribution >= 0.6 is 0 Å². The number of para-hydroxylation sites is 1. The Kier molecular flexibility index (Phi) is 3.66. The summed E-state index contributed by atoms with van der Waals surface area (Å²) in [5, 5.41) is 14.9. The van der Waals surface area contributed by atoms with Gasteiger partial charge in [0.1, 0.15) is 17.4 Å².